The minimum absolute atomic E-state index is 0.0918. The molecule has 2 heterocycles. The molecule has 0 radical (unpaired) electrons. The molecule has 0 aromatic heterocycles. The molecular formula is C41H62ClF3IN5O10S2. The maximum absolute atomic E-state index is 14.6. The number of benzene rings is 1. The number of likely N-dealkylation sites (N-methyl/N-ethyl adjacent to an activating group) is 1. The topological polar surface area (TPSA) is 172 Å². The van der Waals surface area contributed by atoms with Gasteiger partial charge in [-0.1, -0.05) is 51.8 Å². The van der Waals surface area contributed by atoms with Crippen LogP contribution in [0, 0.1) is 5.92 Å². The molecule has 9 atom stereocenters. The van der Waals surface area contributed by atoms with Gasteiger partial charge < -0.3 is 33.7 Å². The summed E-state index contributed by atoms with van der Waals surface area (Å²) in [7, 11) is 9.83. The Bertz CT molecular complexity index is 1790. The number of aliphatic hydroxyl groups is 1. The Morgan fingerprint density at radius 1 is 1.16 bits per heavy atom. The van der Waals surface area contributed by atoms with Gasteiger partial charge in [-0.05, 0) is 78.6 Å². The van der Waals surface area contributed by atoms with Crippen molar-refractivity contribution in [3.8, 4) is 5.75 Å². The fourth-order valence-electron chi connectivity index (χ4n) is 7.24. The highest BCUT2D eigenvalue weighted by atomic mass is 127. The standard InChI is InChI=1S/C41H62ClF3IN5O10S2/c1-12-23(2)18-27-19-28(35(42)29(20-27)58-11)50(8)34(53)21-32(39(6)36(61-39)24(3)30-22-40(56,26(5)57-10)47-38(55)59-30)60-37(54)25(4)49(7)31(41(43,44)45)15-17-63-62-16-13-14-33(52)48-51(9)46/h12,19-20,24-26,30-32,36,56H,13-18,21-22H2,1-11H3,(H,47,55)(H,48,52)/b23-12+/t24-,25+,26-,30+,31?,32+,36+,39+,40+/m1/s1. The average molecular weight is 1070 g/mol. The van der Waals surface area contributed by atoms with Gasteiger partial charge in [0.05, 0.1) is 25.3 Å². The smallest absolute Gasteiger partial charge is 0.409 e. The quantitative estimate of drug-likeness (QED) is 0.0138. The van der Waals surface area contributed by atoms with Gasteiger partial charge in [-0.25, -0.2) is 4.79 Å². The van der Waals surface area contributed by atoms with E-state index in [9.17, 15) is 37.5 Å². The number of carbonyl (C=O) groups is 4. The minimum Gasteiger partial charge on any atom is -0.495 e. The van der Waals surface area contributed by atoms with Crippen molar-refractivity contribution >= 4 is 85.6 Å². The van der Waals surface area contributed by atoms with Crippen LogP contribution in [0.3, 0.4) is 0 Å². The summed E-state index contributed by atoms with van der Waals surface area (Å²) in [4.78, 5) is 54.9. The first-order valence-corrected chi connectivity index (χ1v) is 24.2. The Labute approximate surface area is 395 Å². The molecule has 2 fully saturated rings. The molecule has 1 aromatic rings. The van der Waals surface area contributed by atoms with Gasteiger partial charge in [0.2, 0.25) is 11.8 Å². The molecule has 2 aliphatic heterocycles. The van der Waals surface area contributed by atoms with Crippen LogP contribution in [-0.2, 0) is 39.8 Å². The van der Waals surface area contributed by atoms with E-state index in [0.717, 1.165) is 16.0 Å². The van der Waals surface area contributed by atoms with Crippen LogP contribution in [0.2, 0.25) is 5.02 Å². The Morgan fingerprint density at radius 2 is 1.81 bits per heavy atom. The second-order valence-electron chi connectivity index (χ2n) is 16.1. The van der Waals surface area contributed by atoms with Crippen LogP contribution in [0.25, 0.3) is 0 Å². The predicted molar refractivity (Wildman–Crippen MR) is 247 cm³/mol. The lowest BCUT2D eigenvalue weighted by Crippen LogP contribution is -2.63. The summed E-state index contributed by atoms with van der Waals surface area (Å²) in [5, 5.41) is 13.8. The first kappa shape index (κ1) is 55.1. The molecule has 0 saturated carbocycles. The molecule has 3 N–H and O–H groups in total. The molecule has 0 aliphatic carbocycles. The number of carbonyl (C=O) groups excluding carboxylic acids is 4. The van der Waals surface area contributed by atoms with Gasteiger partial charge >= 0.3 is 18.2 Å². The fourth-order valence-corrected chi connectivity index (χ4v) is 9.99. The molecule has 2 saturated heterocycles. The largest absolute Gasteiger partial charge is 0.495 e. The van der Waals surface area contributed by atoms with Crippen LogP contribution < -0.4 is 20.4 Å². The summed E-state index contributed by atoms with van der Waals surface area (Å²) in [5.74, 6) is -1.37. The number of nitrogens with zero attached hydrogens (tertiary/aromatic N) is 3. The van der Waals surface area contributed by atoms with E-state index >= 15 is 0 Å². The van der Waals surface area contributed by atoms with Crippen molar-refractivity contribution in [2.24, 2.45) is 5.92 Å². The van der Waals surface area contributed by atoms with Crippen molar-refractivity contribution in [1.82, 2.24) is 18.9 Å². The van der Waals surface area contributed by atoms with Crippen molar-refractivity contribution in [3.63, 3.8) is 0 Å². The van der Waals surface area contributed by atoms with Crippen molar-refractivity contribution in [1.29, 1.82) is 0 Å². The van der Waals surface area contributed by atoms with Crippen molar-refractivity contribution in [2.45, 2.75) is 134 Å². The predicted octanol–water partition coefficient (Wildman–Crippen LogP) is 7.25. The van der Waals surface area contributed by atoms with Crippen molar-refractivity contribution in [2.75, 3.05) is 51.8 Å². The normalized spacial score (nSPS) is 23.9. The number of hydrogen-bond donors (Lipinski definition) is 3. The zero-order valence-corrected chi connectivity index (χ0v) is 42.1. The number of anilines is 1. The number of ether oxygens (including phenoxy) is 5. The van der Waals surface area contributed by atoms with E-state index in [1.54, 1.807) is 40.0 Å². The summed E-state index contributed by atoms with van der Waals surface area (Å²) >= 11 is 8.65. The molecule has 2 aliphatic rings. The third kappa shape index (κ3) is 15.1. The highest BCUT2D eigenvalue weighted by molar-refractivity contribution is 14.1. The molecule has 15 nitrogen and oxygen atoms in total. The number of hydrazine groups is 1. The number of halogens is 5. The fraction of sp³-hybridized carbons (Fsp3) is 0.707. The second-order valence-corrected chi connectivity index (χ2v) is 20.7. The lowest BCUT2D eigenvalue weighted by Gasteiger charge is -2.41. The highest BCUT2D eigenvalue weighted by Crippen LogP contribution is 2.49. The summed E-state index contributed by atoms with van der Waals surface area (Å²) in [6.07, 6.45) is -7.03. The Hall–Kier alpha value is -2.25. The number of esters is 1. The third-order valence-corrected chi connectivity index (χ3v) is 14.8. The maximum atomic E-state index is 14.6. The molecule has 1 aromatic carbocycles. The van der Waals surface area contributed by atoms with E-state index < -0.39 is 84.3 Å². The molecule has 358 valence electrons. The molecule has 0 spiro atoms. The van der Waals surface area contributed by atoms with Crippen LogP contribution in [0.1, 0.15) is 79.2 Å². The van der Waals surface area contributed by atoms with Gasteiger partial charge in [0, 0.05) is 74.3 Å². The molecule has 0 bridgehead atoms. The van der Waals surface area contributed by atoms with Crippen molar-refractivity contribution < 1.29 is 61.1 Å². The van der Waals surface area contributed by atoms with Crippen LogP contribution in [0.4, 0.5) is 23.7 Å². The van der Waals surface area contributed by atoms with Crippen LogP contribution in [0.5, 0.6) is 5.75 Å². The Kier molecular flexibility index (Phi) is 21.0. The maximum Gasteiger partial charge on any atom is 0.409 e. The zero-order valence-electron chi connectivity index (χ0n) is 37.6. The lowest BCUT2D eigenvalue weighted by molar-refractivity contribution is -0.191. The minimum atomic E-state index is -4.70. The molecule has 63 heavy (non-hydrogen) atoms. The van der Waals surface area contributed by atoms with Crippen molar-refractivity contribution in [3.05, 3.63) is 34.4 Å². The number of alkyl halides is 3. The monoisotopic (exact) mass is 1070 g/mol. The number of methoxy groups -OCH3 is 2. The summed E-state index contributed by atoms with van der Waals surface area (Å²) in [5.41, 5.74) is 1.64. The Balaban J connectivity index is 1.87. The van der Waals surface area contributed by atoms with Crippen LogP contribution in [-0.4, -0.2) is 138 Å². The zero-order chi connectivity index (χ0) is 47.6. The van der Waals surface area contributed by atoms with E-state index in [-0.39, 0.29) is 35.9 Å². The van der Waals surface area contributed by atoms with E-state index in [0.29, 0.717) is 30.0 Å². The number of rotatable bonds is 24. The summed E-state index contributed by atoms with van der Waals surface area (Å²) in [6, 6.07) is 0.0933. The summed E-state index contributed by atoms with van der Waals surface area (Å²) < 4.78 is 73.8. The second kappa shape index (κ2) is 24.0. The van der Waals surface area contributed by atoms with E-state index in [2.05, 4.69) is 10.7 Å². The van der Waals surface area contributed by atoms with Crippen LogP contribution in [0.15, 0.2) is 23.8 Å². The number of cyclic esters (lactones) is 1. The van der Waals surface area contributed by atoms with E-state index in [1.165, 1.54) is 64.9 Å². The van der Waals surface area contributed by atoms with Gasteiger partial charge in [0.15, 0.2) is 5.72 Å². The third-order valence-electron chi connectivity index (χ3n) is 11.6. The van der Waals surface area contributed by atoms with E-state index in [4.69, 9.17) is 35.3 Å². The molecule has 22 heteroatoms. The van der Waals surface area contributed by atoms with Gasteiger partial charge in [0.1, 0.15) is 46.8 Å². The number of amides is 3. The first-order valence-electron chi connectivity index (χ1n) is 20.4. The molecular weight excluding hydrogens is 1010 g/mol. The number of epoxide rings is 1. The van der Waals surface area contributed by atoms with E-state index in [1.807, 2.05) is 42.8 Å². The first-order chi connectivity index (χ1) is 29.3. The highest BCUT2D eigenvalue weighted by Gasteiger charge is 2.64. The lowest BCUT2D eigenvalue weighted by atomic mass is 9.84. The van der Waals surface area contributed by atoms with Gasteiger partial charge in [-0.3, -0.25) is 30.0 Å². The number of hydrogen-bond acceptors (Lipinski definition) is 14. The molecule has 3 amide bonds. The number of alkyl carbamates (subject to hydrolysis) is 1. The Morgan fingerprint density at radius 3 is 2.40 bits per heavy atom. The van der Waals surface area contributed by atoms with Gasteiger partial charge in [0.25, 0.3) is 0 Å². The summed E-state index contributed by atoms with van der Waals surface area (Å²) in [6.45, 7) is 10.1. The van der Waals surface area contributed by atoms with Gasteiger partial charge in [-0.2, -0.15) is 16.4 Å². The van der Waals surface area contributed by atoms with Crippen LogP contribution >= 0.6 is 56.1 Å². The SMILES string of the molecule is C/C=C(\C)Cc1cc(OC)c(Cl)c(N(C)C(=O)C[C@H](OC(=O)[C@H](C)N(C)C(CCSSCCCC(=O)NN(C)I)C(F)(F)F)[C@]2(C)O[C@H]2[C@H](C)[C@@H]2C[C@](O)([C@@H](C)OC)NC(=O)O2)c1. The average Bonchev–Trinajstić information content (AvgIpc) is 3.91. The van der Waals surface area contributed by atoms with Gasteiger partial charge in [-0.15, -0.1) is 0 Å². The molecule has 1 unspecified atom stereocenters. The number of nitrogens with one attached hydrogen (secondary N) is 2. The molecule has 3 rings (SSSR count). The number of allylic oxidation sites excluding steroid dienone is 2.